The van der Waals surface area contributed by atoms with Crippen molar-refractivity contribution in [2.24, 2.45) is 12.0 Å². The molecule has 3 N–H and O–H groups in total. The van der Waals surface area contributed by atoms with E-state index >= 15 is 0 Å². The van der Waals surface area contributed by atoms with Crippen LogP contribution in [0, 0.1) is 6.92 Å². The Kier molecular flexibility index (Phi) is 1.94. The largest absolute Gasteiger partial charge is 0.395 e. The molecule has 1 aromatic rings. The van der Waals surface area contributed by atoms with E-state index in [4.69, 9.17) is 5.73 Å². The fraction of sp³-hybridized carbons (Fsp3) is 0.556. The van der Waals surface area contributed by atoms with Crippen LogP contribution in [0.15, 0.2) is 4.99 Å². The molecule has 0 fully saturated rings. The molecule has 76 valence electrons. The zero-order valence-electron chi connectivity index (χ0n) is 8.70. The second-order valence-electron chi connectivity index (χ2n) is 3.71. The lowest BCUT2D eigenvalue weighted by Gasteiger charge is -2.06. The number of aryl methyl sites for hydroxylation is 2. The lowest BCUT2D eigenvalue weighted by molar-refractivity contribution is 0.715. The number of hydrogen-bond donors (Lipinski definition) is 2. The van der Waals surface area contributed by atoms with Crippen LogP contribution in [-0.4, -0.2) is 28.2 Å². The molecule has 5 heteroatoms. The van der Waals surface area contributed by atoms with E-state index in [-0.39, 0.29) is 0 Å². The quantitative estimate of drug-likeness (QED) is 0.662. The number of nitrogen functional groups attached to an aromatic ring is 1. The van der Waals surface area contributed by atoms with E-state index in [2.05, 4.69) is 22.3 Å². The first-order valence-corrected chi connectivity index (χ1v) is 4.70. The molecule has 0 saturated carbocycles. The second kappa shape index (κ2) is 3.01. The Labute approximate surface area is 83.0 Å². The van der Waals surface area contributed by atoms with E-state index in [0.29, 0.717) is 11.7 Å². The number of aliphatic imine (C=N–C) groups is 1. The number of hydrogen-bond acceptors (Lipinski definition) is 4. The third-order valence-electron chi connectivity index (χ3n) is 2.40. The van der Waals surface area contributed by atoms with Crippen molar-refractivity contribution in [2.75, 3.05) is 12.3 Å². The molecular formula is C9H15N5. The van der Waals surface area contributed by atoms with Crippen LogP contribution in [0.3, 0.4) is 0 Å². The fourth-order valence-electron chi connectivity index (χ4n) is 1.65. The summed E-state index contributed by atoms with van der Waals surface area (Å²) < 4.78 is 1.77. The Bertz CT molecular complexity index is 390. The molecule has 0 aromatic carbocycles. The highest BCUT2D eigenvalue weighted by molar-refractivity contribution is 6.03. The smallest absolute Gasteiger partial charge is 0.149 e. The van der Waals surface area contributed by atoms with Gasteiger partial charge >= 0.3 is 0 Å². The van der Waals surface area contributed by atoms with Gasteiger partial charge in [-0.25, -0.2) is 0 Å². The highest BCUT2D eigenvalue weighted by Gasteiger charge is 2.21. The number of nitrogens with zero attached hydrogens (tertiary/aromatic N) is 3. The zero-order chi connectivity index (χ0) is 10.3. The van der Waals surface area contributed by atoms with Crippen LogP contribution in [0.4, 0.5) is 5.69 Å². The minimum atomic E-state index is 0.389. The second-order valence-corrected chi connectivity index (χ2v) is 3.71. The molecule has 0 amide bonds. The summed E-state index contributed by atoms with van der Waals surface area (Å²) in [5.41, 5.74) is 8.39. The van der Waals surface area contributed by atoms with Crippen molar-refractivity contribution in [1.29, 1.82) is 0 Å². The van der Waals surface area contributed by atoms with Gasteiger partial charge in [0.2, 0.25) is 0 Å². The average Bonchev–Trinajstić information content (AvgIpc) is 2.60. The lowest BCUT2D eigenvalue weighted by atomic mass is 10.3. The topological polar surface area (TPSA) is 68.2 Å². The molecule has 0 spiro atoms. The van der Waals surface area contributed by atoms with Gasteiger partial charge in [0, 0.05) is 13.1 Å². The van der Waals surface area contributed by atoms with Gasteiger partial charge in [-0.3, -0.25) is 9.67 Å². The summed E-state index contributed by atoms with van der Waals surface area (Å²) in [4.78, 5) is 4.39. The number of aromatic nitrogens is 2. The minimum absolute atomic E-state index is 0.389. The fourth-order valence-corrected chi connectivity index (χ4v) is 1.65. The van der Waals surface area contributed by atoms with E-state index in [1.807, 2.05) is 14.0 Å². The third kappa shape index (κ3) is 1.25. The number of rotatable bonds is 1. The van der Waals surface area contributed by atoms with Crippen LogP contribution in [0.2, 0.25) is 0 Å². The molecule has 14 heavy (non-hydrogen) atoms. The molecule has 2 rings (SSSR count). The van der Waals surface area contributed by atoms with Crippen LogP contribution < -0.4 is 11.1 Å². The van der Waals surface area contributed by atoms with Gasteiger partial charge in [0.05, 0.1) is 17.9 Å². The summed E-state index contributed by atoms with van der Waals surface area (Å²) in [7, 11) is 1.88. The van der Waals surface area contributed by atoms with Crippen LogP contribution >= 0.6 is 0 Å². The molecule has 2 heterocycles. The predicted octanol–water partition coefficient (Wildman–Crippen LogP) is 0.0490. The normalized spacial score (nSPS) is 20.8. The van der Waals surface area contributed by atoms with Crippen molar-refractivity contribution in [2.45, 2.75) is 19.9 Å². The van der Waals surface area contributed by atoms with Crippen molar-refractivity contribution >= 4 is 11.5 Å². The van der Waals surface area contributed by atoms with Gasteiger partial charge in [0.1, 0.15) is 11.5 Å². The first-order valence-electron chi connectivity index (χ1n) is 4.70. The standard InChI is InChI=1S/C9H15N5/c1-5-4-11-9(12-5)8-7(10)6(2)13-14(8)3/h5H,4,10H2,1-3H3,(H,11,12). The van der Waals surface area contributed by atoms with Crippen LogP contribution in [0.25, 0.3) is 0 Å². The van der Waals surface area contributed by atoms with Crippen molar-refractivity contribution in [3.63, 3.8) is 0 Å². The summed E-state index contributed by atoms with van der Waals surface area (Å²) in [6.45, 7) is 4.80. The number of amidine groups is 1. The van der Waals surface area contributed by atoms with Gasteiger partial charge in [-0.05, 0) is 13.8 Å². The van der Waals surface area contributed by atoms with Gasteiger partial charge in [0.15, 0.2) is 0 Å². The van der Waals surface area contributed by atoms with Crippen LogP contribution in [0.1, 0.15) is 18.3 Å². The van der Waals surface area contributed by atoms with Gasteiger partial charge in [-0.1, -0.05) is 0 Å². The molecule has 1 aromatic heterocycles. The molecule has 0 saturated heterocycles. The molecule has 0 aliphatic carbocycles. The molecule has 1 unspecified atom stereocenters. The average molecular weight is 193 g/mol. The first kappa shape index (κ1) is 9.05. The summed E-state index contributed by atoms with van der Waals surface area (Å²) in [6, 6.07) is 0.389. The maximum absolute atomic E-state index is 5.92. The SMILES string of the molecule is Cc1nn(C)c(C2=NCC(C)N2)c1N. The molecule has 5 nitrogen and oxygen atoms in total. The monoisotopic (exact) mass is 193 g/mol. The van der Waals surface area contributed by atoms with Gasteiger partial charge in [-0.2, -0.15) is 5.10 Å². The number of nitrogens with two attached hydrogens (primary N) is 1. The highest BCUT2D eigenvalue weighted by Crippen LogP contribution is 2.17. The van der Waals surface area contributed by atoms with Gasteiger partial charge in [0.25, 0.3) is 0 Å². The van der Waals surface area contributed by atoms with Crippen molar-refractivity contribution in [3.8, 4) is 0 Å². The Morgan fingerprint density at radius 1 is 1.57 bits per heavy atom. The van der Waals surface area contributed by atoms with Crippen molar-refractivity contribution in [1.82, 2.24) is 15.1 Å². The summed E-state index contributed by atoms with van der Waals surface area (Å²) in [6.07, 6.45) is 0. The minimum Gasteiger partial charge on any atom is -0.395 e. The molecule has 0 bridgehead atoms. The van der Waals surface area contributed by atoms with Crippen molar-refractivity contribution < 1.29 is 0 Å². The van der Waals surface area contributed by atoms with Crippen LogP contribution in [-0.2, 0) is 7.05 Å². The van der Waals surface area contributed by atoms with Crippen molar-refractivity contribution in [3.05, 3.63) is 11.4 Å². The zero-order valence-corrected chi connectivity index (χ0v) is 8.70. The molecule has 1 atom stereocenters. The number of anilines is 1. The molecule has 1 aliphatic rings. The summed E-state index contributed by atoms with van der Waals surface area (Å²) >= 11 is 0. The maximum Gasteiger partial charge on any atom is 0.149 e. The third-order valence-corrected chi connectivity index (χ3v) is 2.40. The van der Waals surface area contributed by atoms with Crippen LogP contribution in [0.5, 0.6) is 0 Å². The predicted molar refractivity (Wildman–Crippen MR) is 56.4 cm³/mol. The van der Waals surface area contributed by atoms with E-state index in [1.54, 1.807) is 4.68 Å². The summed E-state index contributed by atoms with van der Waals surface area (Å²) in [5, 5.41) is 7.53. The Hall–Kier alpha value is -1.52. The maximum atomic E-state index is 5.92. The van der Waals surface area contributed by atoms with Gasteiger partial charge in [-0.15, -0.1) is 0 Å². The van der Waals surface area contributed by atoms with E-state index in [0.717, 1.165) is 23.8 Å². The summed E-state index contributed by atoms with van der Waals surface area (Å²) in [5.74, 6) is 0.859. The van der Waals surface area contributed by atoms with Gasteiger partial charge < -0.3 is 11.1 Å². The highest BCUT2D eigenvalue weighted by atomic mass is 15.3. The lowest BCUT2D eigenvalue weighted by Crippen LogP contribution is -2.29. The van der Waals surface area contributed by atoms with E-state index in [1.165, 1.54) is 0 Å². The van der Waals surface area contributed by atoms with E-state index in [9.17, 15) is 0 Å². The number of nitrogens with one attached hydrogen (secondary N) is 1. The molecule has 0 radical (unpaired) electrons. The Morgan fingerprint density at radius 3 is 2.71 bits per heavy atom. The first-order chi connectivity index (χ1) is 6.59. The Morgan fingerprint density at radius 2 is 2.29 bits per heavy atom. The molecular weight excluding hydrogens is 178 g/mol. The molecule has 1 aliphatic heterocycles. The Balaban J connectivity index is 2.42. The van der Waals surface area contributed by atoms with E-state index < -0.39 is 0 Å².